The van der Waals surface area contributed by atoms with Gasteiger partial charge < -0.3 is 10.1 Å². The van der Waals surface area contributed by atoms with E-state index in [1.807, 2.05) is 37.3 Å². The topological polar surface area (TPSA) is 51.2 Å². The minimum atomic E-state index is -0.581. The van der Waals surface area contributed by atoms with Crippen LogP contribution in [0.15, 0.2) is 66.9 Å². The lowest BCUT2D eigenvalue weighted by Crippen LogP contribution is -2.28. The fraction of sp³-hybridized carbons (Fsp3) is 0.143. The zero-order valence-corrected chi connectivity index (χ0v) is 15.4. The monoisotopic (exact) mass is 384 g/mol. The van der Waals surface area contributed by atoms with Crippen molar-refractivity contribution in [3.05, 3.63) is 94.5 Å². The van der Waals surface area contributed by atoms with Gasteiger partial charge in [-0.1, -0.05) is 41.9 Å². The van der Waals surface area contributed by atoms with E-state index < -0.39 is 11.7 Å². The zero-order chi connectivity index (χ0) is 19.2. The molecule has 3 aromatic rings. The predicted molar refractivity (Wildman–Crippen MR) is 102 cm³/mol. The Labute approximate surface area is 162 Å². The van der Waals surface area contributed by atoms with Crippen LogP contribution in [0.4, 0.5) is 4.39 Å². The molecule has 1 aromatic heterocycles. The van der Waals surface area contributed by atoms with E-state index in [-0.39, 0.29) is 18.2 Å². The average Bonchev–Trinajstić information content (AvgIpc) is 2.68. The summed E-state index contributed by atoms with van der Waals surface area (Å²) in [7, 11) is 0. The van der Waals surface area contributed by atoms with E-state index in [1.165, 1.54) is 6.07 Å². The minimum Gasteiger partial charge on any atom is -0.487 e. The third kappa shape index (κ3) is 5.05. The first-order valence-corrected chi connectivity index (χ1v) is 8.79. The van der Waals surface area contributed by atoms with Crippen LogP contribution in [0.5, 0.6) is 5.75 Å². The number of aromatic nitrogens is 1. The molecule has 0 radical (unpaired) electrons. The number of halogens is 2. The van der Waals surface area contributed by atoms with E-state index in [4.69, 9.17) is 16.3 Å². The van der Waals surface area contributed by atoms with Crippen molar-refractivity contribution in [1.29, 1.82) is 0 Å². The Hall–Kier alpha value is -2.92. The van der Waals surface area contributed by atoms with E-state index in [2.05, 4.69) is 10.3 Å². The standard InChI is InChI=1S/C21H18ClFN2O2/c1-14(15-5-3-2-4-6-15)25-21(26)19-11-17(23)12-24-20(19)13-27-18-9-7-16(22)8-10-18/h2-12,14H,13H2,1H3,(H,25,26)/t14-/m0/s1. The summed E-state index contributed by atoms with van der Waals surface area (Å²) >= 11 is 5.85. The van der Waals surface area contributed by atoms with Gasteiger partial charge in [-0.2, -0.15) is 0 Å². The normalized spacial score (nSPS) is 11.7. The van der Waals surface area contributed by atoms with Gasteiger partial charge in [-0.15, -0.1) is 0 Å². The summed E-state index contributed by atoms with van der Waals surface area (Å²) in [4.78, 5) is 16.7. The Morgan fingerprint density at radius 1 is 1.19 bits per heavy atom. The first-order valence-electron chi connectivity index (χ1n) is 8.41. The molecular formula is C21H18ClFN2O2. The number of rotatable bonds is 6. The number of amides is 1. The highest BCUT2D eigenvalue weighted by Crippen LogP contribution is 2.19. The molecule has 0 aliphatic carbocycles. The molecule has 27 heavy (non-hydrogen) atoms. The molecule has 1 heterocycles. The van der Waals surface area contributed by atoms with Crippen molar-refractivity contribution in [2.45, 2.75) is 19.6 Å². The fourth-order valence-corrected chi connectivity index (χ4v) is 2.69. The molecule has 138 valence electrons. The molecule has 0 saturated carbocycles. The van der Waals surface area contributed by atoms with Crippen LogP contribution >= 0.6 is 11.6 Å². The number of pyridine rings is 1. The predicted octanol–water partition coefficient (Wildman–Crippen LogP) is 4.94. The summed E-state index contributed by atoms with van der Waals surface area (Å²) in [6, 6.07) is 17.3. The largest absolute Gasteiger partial charge is 0.487 e. The van der Waals surface area contributed by atoms with Crippen molar-refractivity contribution >= 4 is 17.5 Å². The Morgan fingerprint density at radius 3 is 2.59 bits per heavy atom. The van der Waals surface area contributed by atoms with E-state index >= 15 is 0 Å². The lowest BCUT2D eigenvalue weighted by molar-refractivity contribution is 0.0936. The summed E-state index contributed by atoms with van der Waals surface area (Å²) in [6.07, 6.45) is 1.07. The van der Waals surface area contributed by atoms with Crippen LogP contribution in [0.3, 0.4) is 0 Å². The molecule has 3 rings (SSSR count). The number of hydrogen-bond donors (Lipinski definition) is 1. The molecule has 4 nitrogen and oxygen atoms in total. The summed E-state index contributed by atoms with van der Waals surface area (Å²) in [6.45, 7) is 1.90. The van der Waals surface area contributed by atoms with Gasteiger partial charge in [-0.25, -0.2) is 4.39 Å². The number of hydrogen-bond acceptors (Lipinski definition) is 3. The fourth-order valence-electron chi connectivity index (χ4n) is 2.56. The van der Waals surface area contributed by atoms with E-state index in [0.717, 1.165) is 11.8 Å². The van der Waals surface area contributed by atoms with Gasteiger partial charge in [0.1, 0.15) is 18.2 Å². The van der Waals surface area contributed by atoms with Crippen LogP contribution in [0.2, 0.25) is 5.02 Å². The van der Waals surface area contributed by atoms with Crippen LogP contribution in [-0.2, 0) is 6.61 Å². The highest BCUT2D eigenvalue weighted by Gasteiger charge is 2.17. The molecule has 2 aromatic carbocycles. The molecule has 0 bridgehead atoms. The van der Waals surface area contributed by atoms with Crippen molar-refractivity contribution in [3.63, 3.8) is 0 Å². The van der Waals surface area contributed by atoms with E-state index in [1.54, 1.807) is 24.3 Å². The lowest BCUT2D eigenvalue weighted by Gasteiger charge is -2.16. The number of nitrogens with one attached hydrogen (secondary N) is 1. The van der Waals surface area contributed by atoms with Gasteiger partial charge >= 0.3 is 0 Å². The molecule has 0 unspecified atom stereocenters. The second-order valence-electron chi connectivity index (χ2n) is 6.00. The average molecular weight is 385 g/mol. The second kappa shape index (κ2) is 8.64. The number of ether oxygens (including phenoxy) is 1. The lowest BCUT2D eigenvalue weighted by atomic mass is 10.1. The van der Waals surface area contributed by atoms with Gasteiger partial charge in [0.05, 0.1) is 23.5 Å². The van der Waals surface area contributed by atoms with Gasteiger partial charge in [0.25, 0.3) is 5.91 Å². The maximum Gasteiger partial charge on any atom is 0.253 e. The molecular weight excluding hydrogens is 367 g/mol. The third-order valence-electron chi connectivity index (χ3n) is 4.02. The van der Waals surface area contributed by atoms with Crippen LogP contribution in [0, 0.1) is 5.82 Å². The van der Waals surface area contributed by atoms with E-state index in [0.29, 0.717) is 16.5 Å². The second-order valence-corrected chi connectivity index (χ2v) is 6.43. The molecule has 0 fully saturated rings. The maximum atomic E-state index is 13.7. The summed E-state index contributed by atoms with van der Waals surface area (Å²) in [5.41, 5.74) is 1.45. The number of carbonyl (C=O) groups excluding carboxylic acids is 1. The first-order chi connectivity index (χ1) is 13.0. The zero-order valence-electron chi connectivity index (χ0n) is 14.7. The Bertz CT molecular complexity index is 917. The maximum absolute atomic E-state index is 13.7. The van der Waals surface area contributed by atoms with Crippen molar-refractivity contribution in [2.75, 3.05) is 0 Å². The van der Waals surface area contributed by atoms with Gasteiger partial charge in [0, 0.05) is 5.02 Å². The van der Waals surface area contributed by atoms with Crippen LogP contribution in [0.1, 0.15) is 34.6 Å². The number of benzene rings is 2. The molecule has 6 heteroatoms. The summed E-state index contributed by atoms with van der Waals surface area (Å²) in [5.74, 6) is -0.412. The van der Waals surface area contributed by atoms with Crippen LogP contribution in [-0.4, -0.2) is 10.9 Å². The van der Waals surface area contributed by atoms with Gasteiger partial charge in [-0.3, -0.25) is 9.78 Å². The van der Waals surface area contributed by atoms with Gasteiger partial charge in [-0.05, 0) is 42.8 Å². The molecule has 0 aliphatic heterocycles. The quantitative estimate of drug-likeness (QED) is 0.654. The van der Waals surface area contributed by atoms with Crippen molar-refractivity contribution in [2.24, 2.45) is 0 Å². The molecule has 1 N–H and O–H groups in total. The highest BCUT2D eigenvalue weighted by molar-refractivity contribution is 6.30. The van der Waals surface area contributed by atoms with Crippen LogP contribution in [0.25, 0.3) is 0 Å². The Balaban J connectivity index is 1.74. The molecule has 0 spiro atoms. The van der Waals surface area contributed by atoms with Crippen molar-refractivity contribution < 1.29 is 13.9 Å². The Morgan fingerprint density at radius 2 is 1.89 bits per heavy atom. The molecule has 1 amide bonds. The van der Waals surface area contributed by atoms with Gasteiger partial charge in [0.2, 0.25) is 0 Å². The van der Waals surface area contributed by atoms with E-state index in [9.17, 15) is 9.18 Å². The number of carbonyl (C=O) groups is 1. The minimum absolute atomic E-state index is 0.0321. The van der Waals surface area contributed by atoms with Crippen molar-refractivity contribution in [3.8, 4) is 5.75 Å². The third-order valence-corrected chi connectivity index (χ3v) is 4.27. The van der Waals surface area contributed by atoms with Crippen LogP contribution < -0.4 is 10.1 Å². The smallest absolute Gasteiger partial charge is 0.253 e. The van der Waals surface area contributed by atoms with Gasteiger partial charge in [0.15, 0.2) is 0 Å². The molecule has 1 atom stereocenters. The SMILES string of the molecule is C[C@H](NC(=O)c1cc(F)cnc1COc1ccc(Cl)cc1)c1ccccc1. The van der Waals surface area contributed by atoms with Crippen molar-refractivity contribution in [1.82, 2.24) is 10.3 Å². The molecule has 0 aliphatic rings. The molecule has 0 saturated heterocycles. The highest BCUT2D eigenvalue weighted by atomic mass is 35.5. The summed E-state index contributed by atoms with van der Waals surface area (Å²) in [5, 5.41) is 3.46. The Kier molecular flexibility index (Phi) is 6.04. The summed E-state index contributed by atoms with van der Waals surface area (Å²) < 4.78 is 19.3. The number of nitrogens with zero attached hydrogens (tertiary/aromatic N) is 1. The first kappa shape index (κ1) is 18.9.